The number of carboxylic acid groups (broad SMARTS) is 2. The zero-order valence-electron chi connectivity index (χ0n) is 9.28. The van der Waals surface area contributed by atoms with Crippen LogP contribution in [0.1, 0.15) is 26.3 Å². The minimum atomic E-state index is -1.04. The number of carboxylic acids is 2. The molecule has 0 fully saturated rings. The molecule has 0 saturated heterocycles. The van der Waals surface area contributed by atoms with Gasteiger partial charge in [0.15, 0.2) is 0 Å². The van der Waals surface area contributed by atoms with Crippen LogP contribution in [-0.4, -0.2) is 31.9 Å². The minimum absolute atomic E-state index is 0.101. The lowest BCUT2D eigenvalue weighted by atomic mass is 10.1. The lowest BCUT2D eigenvalue weighted by molar-refractivity contribution is 0.0686. The third-order valence-corrected chi connectivity index (χ3v) is 2.40. The fourth-order valence-corrected chi connectivity index (χ4v) is 1.55. The molecule has 1 heterocycles. The van der Waals surface area contributed by atoms with E-state index in [-0.39, 0.29) is 11.1 Å². The Kier molecular flexibility index (Phi) is 3.09. The number of aromatic nitrogens is 2. The highest BCUT2D eigenvalue weighted by molar-refractivity contribution is 5.87. The SMILES string of the molecule is O=C(O)c1cccc(Cn2cc(C(=O)O)cn2)c1. The van der Waals surface area contributed by atoms with Crippen molar-refractivity contribution in [1.29, 1.82) is 0 Å². The van der Waals surface area contributed by atoms with Gasteiger partial charge in [-0.25, -0.2) is 9.59 Å². The summed E-state index contributed by atoms with van der Waals surface area (Å²) in [6, 6.07) is 6.43. The van der Waals surface area contributed by atoms with Crippen molar-refractivity contribution in [1.82, 2.24) is 9.78 Å². The van der Waals surface area contributed by atoms with Crippen LogP contribution in [0.2, 0.25) is 0 Å². The minimum Gasteiger partial charge on any atom is -0.478 e. The molecule has 0 amide bonds. The van der Waals surface area contributed by atoms with Crippen molar-refractivity contribution in [3.05, 3.63) is 53.3 Å². The largest absolute Gasteiger partial charge is 0.478 e. The summed E-state index contributed by atoms with van der Waals surface area (Å²) in [5.74, 6) is -2.04. The lowest BCUT2D eigenvalue weighted by Crippen LogP contribution is -2.03. The van der Waals surface area contributed by atoms with Crippen LogP contribution in [0, 0.1) is 0 Å². The van der Waals surface area contributed by atoms with Gasteiger partial charge in [-0.05, 0) is 17.7 Å². The Balaban J connectivity index is 2.20. The van der Waals surface area contributed by atoms with Crippen molar-refractivity contribution < 1.29 is 19.8 Å². The van der Waals surface area contributed by atoms with Crippen LogP contribution >= 0.6 is 0 Å². The number of hydrogen-bond donors (Lipinski definition) is 2. The maximum Gasteiger partial charge on any atom is 0.338 e. The molecule has 0 unspecified atom stereocenters. The predicted molar refractivity (Wildman–Crippen MR) is 61.7 cm³/mol. The molecule has 2 aromatic rings. The highest BCUT2D eigenvalue weighted by atomic mass is 16.4. The Morgan fingerprint density at radius 2 is 1.89 bits per heavy atom. The molecule has 1 aromatic carbocycles. The summed E-state index contributed by atoms with van der Waals surface area (Å²) >= 11 is 0. The molecule has 0 aliphatic heterocycles. The van der Waals surface area contributed by atoms with Gasteiger partial charge in [0.2, 0.25) is 0 Å². The Morgan fingerprint density at radius 1 is 1.17 bits per heavy atom. The molecular formula is C12H10N2O4. The zero-order valence-corrected chi connectivity index (χ0v) is 9.28. The van der Waals surface area contributed by atoms with E-state index in [0.29, 0.717) is 6.54 Å². The molecule has 0 aliphatic rings. The molecule has 6 heteroatoms. The van der Waals surface area contributed by atoms with Gasteiger partial charge in [-0.2, -0.15) is 5.10 Å². The van der Waals surface area contributed by atoms with E-state index in [1.807, 2.05) is 0 Å². The molecule has 0 aliphatic carbocycles. The van der Waals surface area contributed by atoms with Crippen molar-refractivity contribution >= 4 is 11.9 Å². The van der Waals surface area contributed by atoms with Crippen LogP contribution in [-0.2, 0) is 6.54 Å². The van der Waals surface area contributed by atoms with Gasteiger partial charge in [-0.15, -0.1) is 0 Å². The molecule has 0 bridgehead atoms. The van der Waals surface area contributed by atoms with Crippen LogP contribution in [0.15, 0.2) is 36.7 Å². The molecule has 2 N–H and O–H groups in total. The molecular weight excluding hydrogens is 236 g/mol. The van der Waals surface area contributed by atoms with Crippen molar-refractivity contribution in [2.24, 2.45) is 0 Å². The van der Waals surface area contributed by atoms with Crippen molar-refractivity contribution in [2.45, 2.75) is 6.54 Å². The summed E-state index contributed by atoms with van der Waals surface area (Å²) in [4.78, 5) is 21.5. The first-order valence-corrected chi connectivity index (χ1v) is 5.14. The average Bonchev–Trinajstić information content (AvgIpc) is 2.78. The number of hydrogen-bond acceptors (Lipinski definition) is 3. The van der Waals surface area contributed by atoms with Crippen LogP contribution in [0.4, 0.5) is 0 Å². The summed E-state index contributed by atoms with van der Waals surface area (Å²) in [6.07, 6.45) is 2.65. The van der Waals surface area contributed by atoms with E-state index in [1.54, 1.807) is 12.1 Å². The number of benzene rings is 1. The quantitative estimate of drug-likeness (QED) is 0.848. The van der Waals surface area contributed by atoms with E-state index < -0.39 is 11.9 Å². The Morgan fingerprint density at radius 3 is 2.50 bits per heavy atom. The molecule has 18 heavy (non-hydrogen) atoms. The summed E-state index contributed by atoms with van der Waals surface area (Å²) in [5.41, 5.74) is 1.04. The molecule has 1 aromatic heterocycles. The van der Waals surface area contributed by atoms with Crippen LogP contribution < -0.4 is 0 Å². The van der Waals surface area contributed by atoms with Gasteiger partial charge in [0.25, 0.3) is 0 Å². The van der Waals surface area contributed by atoms with Crippen LogP contribution in [0.25, 0.3) is 0 Å². The molecule has 92 valence electrons. The summed E-state index contributed by atoms with van der Waals surface area (Å²) < 4.78 is 1.45. The van der Waals surface area contributed by atoms with E-state index in [1.165, 1.54) is 29.2 Å². The summed E-state index contributed by atoms with van der Waals surface area (Å²) in [7, 11) is 0. The molecule has 0 radical (unpaired) electrons. The van der Waals surface area contributed by atoms with E-state index in [0.717, 1.165) is 5.56 Å². The highest BCUT2D eigenvalue weighted by Gasteiger charge is 2.07. The number of carbonyl (C=O) groups is 2. The van der Waals surface area contributed by atoms with Gasteiger partial charge in [-0.1, -0.05) is 12.1 Å². The Hall–Kier alpha value is -2.63. The molecule has 2 rings (SSSR count). The maximum atomic E-state index is 10.8. The van der Waals surface area contributed by atoms with E-state index in [4.69, 9.17) is 10.2 Å². The van der Waals surface area contributed by atoms with Gasteiger partial charge < -0.3 is 10.2 Å². The number of aromatic carboxylic acids is 2. The van der Waals surface area contributed by atoms with E-state index >= 15 is 0 Å². The van der Waals surface area contributed by atoms with Crippen LogP contribution in [0.5, 0.6) is 0 Å². The first kappa shape index (κ1) is 11.8. The van der Waals surface area contributed by atoms with E-state index in [9.17, 15) is 9.59 Å². The van der Waals surface area contributed by atoms with Gasteiger partial charge >= 0.3 is 11.9 Å². The second-order valence-electron chi connectivity index (χ2n) is 3.74. The van der Waals surface area contributed by atoms with Crippen molar-refractivity contribution in [2.75, 3.05) is 0 Å². The second-order valence-corrected chi connectivity index (χ2v) is 3.74. The highest BCUT2D eigenvalue weighted by Crippen LogP contribution is 2.08. The monoisotopic (exact) mass is 246 g/mol. The molecule has 0 spiro atoms. The van der Waals surface area contributed by atoms with Crippen molar-refractivity contribution in [3.63, 3.8) is 0 Å². The molecule has 0 saturated carbocycles. The van der Waals surface area contributed by atoms with Gasteiger partial charge in [0.1, 0.15) is 0 Å². The number of rotatable bonds is 4. The van der Waals surface area contributed by atoms with Crippen LogP contribution in [0.3, 0.4) is 0 Å². The fourth-order valence-electron chi connectivity index (χ4n) is 1.55. The average molecular weight is 246 g/mol. The first-order chi connectivity index (χ1) is 8.56. The normalized spacial score (nSPS) is 10.2. The third kappa shape index (κ3) is 2.54. The lowest BCUT2D eigenvalue weighted by Gasteiger charge is -2.02. The van der Waals surface area contributed by atoms with Gasteiger partial charge in [-0.3, -0.25) is 4.68 Å². The second kappa shape index (κ2) is 4.70. The summed E-state index contributed by atoms with van der Waals surface area (Å²) in [6.45, 7) is 0.328. The Labute approximate surface area is 102 Å². The third-order valence-electron chi connectivity index (χ3n) is 2.40. The predicted octanol–water partition coefficient (Wildman–Crippen LogP) is 1.33. The summed E-state index contributed by atoms with van der Waals surface area (Å²) in [5, 5.41) is 21.5. The van der Waals surface area contributed by atoms with Gasteiger partial charge in [0, 0.05) is 6.20 Å². The fraction of sp³-hybridized carbons (Fsp3) is 0.0833. The van der Waals surface area contributed by atoms with Crippen molar-refractivity contribution in [3.8, 4) is 0 Å². The first-order valence-electron chi connectivity index (χ1n) is 5.14. The molecule has 0 atom stereocenters. The maximum absolute atomic E-state index is 10.8. The Bertz CT molecular complexity index is 604. The topological polar surface area (TPSA) is 92.4 Å². The zero-order chi connectivity index (χ0) is 13.1. The van der Waals surface area contributed by atoms with E-state index in [2.05, 4.69) is 5.10 Å². The smallest absolute Gasteiger partial charge is 0.338 e. The standard InChI is InChI=1S/C12H10N2O4/c15-11(16)9-3-1-2-8(4-9)6-14-7-10(5-13-14)12(17)18/h1-5,7H,6H2,(H,15,16)(H,17,18). The number of nitrogens with zero attached hydrogens (tertiary/aromatic N) is 2. The van der Waals surface area contributed by atoms with Gasteiger partial charge in [0.05, 0.1) is 23.9 Å². The molecule has 6 nitrogen and oxygen atoms in total.